The van der Waals surface area contributed by atoms with E-state index in [4.69, 9.17) is 5.73 Å². The number of benzene rings is 1. The van der Waals surface area contributed by atoms with Gasteiger partial charge in [0.05, 0.1) is 17.6 Å². The minimum absolute atomic E-state index is 0.0729. The summed E-state index contributed by atoms with van der Waals surface area (Å²) < 4.78 is 1.49. The molecule has 124 valence electrons. The zero-order chi connectivity index (χ0) is 17.9. The van der Waals surface area contributed by atoms with Gasteiger partial charge in [0.2, 0.25) is 0 Å². The Bertz CT molecular complexity index is 775. The van der Waals surface area contributed by atoms with E-state index in [9.17, 15) is 20.0 Å². The molecule has 1 aromatic carbocycles. The number of phenolic OH excluding ortho intramolecular Hbond substituents is 1. The number of primary amides is 1. The van der Waals surface area contributed by atoms with E-state index < -0.39 is 11.8 Å². The van der Waals surface area contributed by atoms with E-state index in [2.05, 4.69) is 0 Å². The summed E-state index contributed by atoms with van der Waals surface area (Å²) in [6.45, 7) is 3.31. The first kappa shape index (κ1) is 17.6. The first-order valence-electron chi connectivity index (χ1n) is 7.28. The fourth-order valence-corrected chi connectivity index (χ4v) is 3.37. The number of aromatic hydroxyl groups is 1. The van der Waals surface area contributed by atoms with Gasteiger partial charge in [-0.25, -0.2) is 0 Å². The quantitative estimate of drug-likeness (QED) is 0.794. The number of carbonyl (C=O) groups is 2. The number of allylic oxidation sites excluding steroid dienone is 2. The number of hydrogen-bond donors (Lipinski definition) is 2. The van der Waals surface area contributed by atoms with E-state index in [0.717, 1.165) is 0 Å². The lowest BCUT2D eigenvalue weighted by molar-refractivity contribution is -0.116. The number of hydrogen-bond acceptors (Lipinski definition) is 6. The molecule has 0 aromatic heterocycles. The van der Waals surface area contributed by atoms with Crippen molar-refractivity contribution in [3.8, 4) is 11.8 Å². The second-order valence-electron chi connectivity index (χ2n) is 5.15. The molecular weight excluding hydrogens is 326 g/mol. The zero-order valence-electron chi connectivity index (χ0n) is 13.3. The minimum atomic E-state index is -0.727. The number of carbonyl (C=O) groups excluding carboxylic acids is 2. The SMILES string of the molecule is CCSN1C=C(C(C)=O)C(c2ccc(O)cc2)C(C#N)=C1C(N)=O. The number of nitriles is 1. The molecule has 0 radical (unpaired) electrons. The van der Waals surface area contributed by atoms with Gasteiger partial charge in [-0.1, -0.05) is 19.1 Å². The summed E-state index contributed by atoms with van der Waals surface area (Å²) in [6.07, 6.45) is 1.56. The first-order valence-corrected chi connectivity index (χ1v) is 8.22. The predicted molar refractivity (Wildman–Crippen MR) is 91.4 cm³/mol. The summed E-state index contributed by atoms with van der Waals surface area (Å²) in [5.74, 6) is -0.907. The molecule has 2 rings (SSSR count). The van der Waals surface area contributed by atoms with Crippen LogP contribution in [-0.4, -0.2) is 26.9 Å². The van der Waals surface area contributed by atoms with Crippen molar-refractivity contribution in [2.24, 2.45) is 5.73 Å². The van der Waals surface area contributed by atoms with Crippen molar-refractivity contribution in [1.82, 2.24) is 4.31 Å². The molecule has 1 aliphatic heterocycles. The molecule has 0 bridgehead atoms. The van der Waals surface area contributed by atoms with Gasteiger partial charge in [-0.05, 0) is 36.6 Å². The number of amides is 1. The van der Waals surface area contributed by atoms with Gasteiger partial charge in [0, 0.05) is 17.5 Å². The Labute approximate surface area is 144 Å². The highest BCUT2D eigenvalue weighted by atomic mass is 32.2. The van der Waals surface area contributed by atoms with Crippen molar-refractivity contribution >= 4 is 23.6 Å². The Morgan fingerprint density at radius 2 is 2.00 bits per heavy atom. The van der Waals surface area contributed by atoms with Crippen LogP contribution in [0.3, 0.4) is 0 Å². The molecule has 0 fully saturated rings. The van der Waals surface area contributed by atoms with Crippen molar-refractivity contribution in [2.75, 3.05) is 5.75 Å². The van der Waals surface area contributed by atoms with Crippen LogP contribution in [0.1, 0.15) is 25.3 Å². The molecule has 0 aliphatic carbocycles. The van der Waals surface area contributed by atoms with Gasteiger partial charge < -0.3 is 10.8 Å². The lowest BCUT2D eigenvalue weighted by atomic mass is 9.81. The van der Waals surface area contributed by atoms with Gasteiger partial charge in [-0.3, -0.25) is 13.9 Å². The molecule has 1 aliphatic rings. The van der Waals surface area contributed by atoms with Crippen LogP contribution in [0.15, 0.2) is 47.3 Å². The number of nitrogens with zero attached hydrogens (tertiary/aromatic N) is 2. The Morgan fingerprint density at radius 3 is 2.46 bits per heavy atom. The summed E-state index contributed by atoms with van der Waals surface area (Å²) in [6, 6.07) is 8.22. The van der Waals surface area contributed by atoms with Gasteiger partial charge in [0.15, 0.2) is 5.78 Å². The Hall–Kier alpha value is -2.72. The second kappa shape index (κ2) is 7.23. The van der Waals surface area contributed by atoms with Gasteiger partial charge in [-0.15, -0.1) is 0 Å². The maximum atomic E-state index is 12.1. The molecule has 1 heterocycles. The summed E-state index contributed by atoms with van der Waals surface area (Å²) in [7, 11) is 0. The number of nitrogens with two attached hydrogens (primary N) is 1. The summed E-state index contributed by atoms with van der Waals surface area (Å²) in [5.41, 5.74) is 6.71. The van der Waals surface area contributed by atoms with Crippen molar-refractivity contribution < 1.29 is 14.7 Å². The number of rotatable bonds is 5. The van der Waals surface area contributed by atoms with Crippen LogP contribution in [0.25, 0.3) is 0 Å². The van der Waals surface area contributed by atoms with E-state index in [1.807, 2.05) is 13.0 Å². The van der Waals surface area contributed by atoms with Crippen LogP contribution in [0, 0.1) is 11.3 Å². The Morgan fingerprint density at radius 1 is 1.38 bits per heavy atom. The van der Waals surface area contributed by atoms with Gasteiger partial charge in [-0.2, -0.15) is 5.26 Å². The molecule has 0 spiro atoms. The van der Waals surface area contributed by atoms with Crippen LogP contribution in [0.2, 0.25) is 0 Å². The fraction of sp³-hybridized carbons (Fsp3) is 0.235. The second-order valence-corrected chi connectivity index (χ2v) is 6.38. The maximum absolute atomic E-state index is 12.1. The molecule has 0 saturated heterocycles. The average Bonchev–Trinajstić information content (AvgIpc) is 2.54. The van der Waals surface area contributed by atoms with Gasteiger partial charge in [0.25, 0.3) is 5.91 Å². The number of ketones is 1. The predicted octanol–water partition coefficient (Wildman–Crippen LogP) is 2.20. The van der Waals surface area contributed by atoms with Crippen molar-refractivity contribution in [1.29, 1.82) is 5.26 Å². The van der Waals surface area contributed by atoms with Crippen LogP contribution in [0.4, 0.5) is 0 Å². The highest BCUT2D eigenvalue weighted by Crippen LogP contribution is 2.41. The normalized spacial score (nSPS) is 17.3. The lowest BCUT2D eigenvalue weighted by Crippen LogP contribution is -2.32. The lowest BCUT2D eigenvalue weighted by Gasteiger charge is -2.31. The van der Waals surface area contributed by atoms with E-state index in [1.54, 1.807) is 18.3 Å². The molecule has 7 heteroatoms. The number of Topliss-reactive ketones (excluding diaryl/α,β-unsaturated/α-hetero) is 1. The molecule has 24 heavy (non-hydrogen) atoms. The Balaban J connectivity index is 2.70. The monoisotopic (exact) mass is 343 g/mol. The molecule has 0 saturated carbocycles. The van der Waals surface area contributed by atoms with Crippen LogP contribution in [0.5, 0.6) is 5.75 Å². The number of phenols is 1. The summed E-state index contributed by atoms with van der Waals surface area (Å²) in [5, 5.41) is 19.1. The van der Waals surface area contributed by atoms with Crippen molar-refractivity contribution in [3.05, 3.63) is 52.9 Å². The highest BCUT2D eigenvalue weighted by molar-refractivity contribution is 7.97. The molecule has 1 amide bonds. The third-order valence-electron chi connectivity index (χ3n) is 3.59. The molecule has 6 nitrogen and oxygen atoms in total. The average molecular weight is 343 g/mol. The zero-order valence-corrected chi connectivity index (χ0v) is 14.1. The van der Waals surface area contributed by atoms with Crippen LogP contribution in [-0.2, 0) is 9.59 Å². The maximum Gasteiger partial charge on any atom is 0.267 e. The fourth-order valence-electron chi connectivity index (χ4n) is 2.58. The largest absolute Gasteiger partial charge is 0.508 e. The molecule has 1 atom stereocenters. The standard InChI is InChI=1S/C17H17N3O3S/c1-3-24-20-9-14(10(2)21)15(11-4-6-12(22)7-5-11)13(8-18)16(20)17(19)23/h4-7,9,15,22H,3H2,1-2H3,(H2,19,23). The third kappa shape index (κ3) is 3.29. The Kier molecular flexibility index (Phi) is 5.31. The van der Waals surface area contributed by atoms with E-state index >= 15 is 0 Å². The topological polar surface area (TPSA) is 107 Å². The van der Waals surface area contributed by atoms with Gasteiger partial charge in [0.1, 0.15) is 11.4 Å². The molecule has 1 aromatic rings. The van der Waals surface area contributed by atoms with E-state index in [-0.39, 0.29) is 22.8 Å². The van der Waals surface area contributed by atoms with Crippen LogP contribution >= 0.6 is 11.9 Å². The third-order valence-corrected chi connectivity index (χ3v) is 4.41. The summed E-state index contributed by atoms with van der Waals surface area (Å²) in [4.78, 5) is 24.1. The molecule has 3 N–H and O–H groups in total. The molecule has 1 unspecified atom stereocenters. The highest BCUT2D eigenvalue weighted by Gasteiger charge is 2.35. The minimum Gasteiger partial charge on any atom is -0.508 e. The molecular formula is C17H17N3O3S. The van der Waals surface area contributed by atoms with E-state index in [1.165, 1.54) is 35.3 Å². The van der Waals surface area contributed by atoms with Crippen molar-refractivity contribution in [3.63, 3.8) is 0 Å². The van der Waals surface area contributed by atoms with Crippen molar-refractivity contribution in [2.45, 2.75) is 19.8 Å². The van der Waals surface area contributed by atoms with Crippen LogP contribution < -0.4 is 5.73 Å². The van der Waals surface area contributed by atoms with Gasteiger partial charge >= 0.3 is 0 Å². The smallest absolute Gasteiger partial charge is 0.267 e. The van der Waals surface area contributed by atoms with E-state index in [0.29, 0.717) is 16.9 Å². The summed E-state index contributed by atoms with van der Waals surface area (Å²) >= 11 is 1.28. The first-order chi connectivity index (χ1) is 11.4.